The number of carbonyl (C=O) groups excluding carboxylic acids is 3. The van der Waals surface area contributed by atoms with Gasteiger partial charge in [-0.05, 0) is 49.4 Å². The summed E-state index contributed by atoms with van der Waals surface area (Å²) in [6, 6.07) is 15.2. The smallest absolute Gasteiger partial charge is 0.246 e. The number of para-hydroxylation sites is 1. The first kappa shape index (κ1) is 38.8. The average Bonchev–Trinajstić information content (AvgIpc) is 3.08. The van der Waals surface area contributed by atoms with E-state index in [-0.39, 0.29) is 24.3 Å². The Bertz CT molecular complexity index is 1230. The second-order valence-corrected chi connectivity index (χ2v) is 11.8. The SMILES string of the molecule is CC.CCCCCC1NCCOc2ccccc2/C=C/CNC(=O)CNC(=O)C2(CCCCC2)NC1=O.CCc1cccc(Cl)c1. The van der Waals surface area contributed by atoms with Crippen LogP contribution in [0.2, 0.25) is 5.02 Å². The predicted octanol–water partition coefficient (Wildman–Crippen LogP) is 6.61. The molecule has 1 unspecified atom stereocenters. The van der Waals surface area contributed by atoms with Gasteiger partial charge in [0.2, 0.25) is 17.7 Å². The Morgan fingerprint density at radius 1 is 0.935 bits per heavy atom. The molecular formula is C37H55ClN4O4. The minimum absolute atomic E-state index is 0.123. The fourth-order valence-corrected chi connectivity index (χ4v) is 5.68. The predicted molar refractivity (Wildman–Crippen MR) is 189 cm³/mol. The van der Waals surface area contributed by atoms with E-state index in [1.807, 2.05) is 68.5 Å². The summed E-state index contributed by atoms with van der Waals surface area (Å²) < 4.78 is 5.99. The van der Waals surface area contributed by atoms with E-state index in [9.17, 15) is 14.4 Å². The number of rotatable bonds is 5. The lowest BCUT2D eigenvalue weighted by atomic mass is 9.80. The summed E-state index contributed by atoms with van der Waals surface area (Å²) in [6.07, 6.45) is 12.5. The monoisotopic (exact) mass is 654 g/mol. The third kappa shape index (κ3) is 13.6. The molecule has 1 aliphatic heterocycles. The number of unbranched alkanes of at least 4 members (excludes halogenated alkanes) is 2. The van der Waals surface area contributed by atoms with Crippen molar-refractivity contribution in [3.8, 4) is 5.75 Å². The molecule has 8 nitrogen and oxygen atoms in total. The molecule has 2 aromatic rings. The number of benzene rings is 2. The third-order valence-electron chi connectivity index (χ3n) is 8.01. The molecule has 1 saturated carbocycles. The van der Waals surface area contributed by atoms with Gasteiger partial charge in [0, 0.05) is 23.7 Å². The lowest BCUT2D eigenvalue weighted by Crippen LogP contribution is -2.63. The van der Waals surface area contributed by atoms with Crippen LogP contribution in [0.4, 0.5) is 0 Å². The largest absolute Gasteiger partial charge is 0.492 e. The molecule has 9 heteroatoms. The van der Waals surface area contributed by atoms with Gasteiger partial charge in [-0.15, -0.1) is 0 Å². The average molecular weight is 655 g/mol. The Hall–Kier alpha value is -3.36. The molecular weight excluding hydrogens is 600 g/mol. The summed E-state index contributed by atoms with van der Waals surface area (Å²) >= 11 is 5.72. The second-order valence-electron chi connectivity index (χ2n) is 11.4. The van der Waals surface area contributed by atoms with E-state index < -0.39 is 11.6 Å². The van der Waals surface area contributed by atoms with Crippen LogP contribution >= 0.6 is 11.6 Å². The van der Waals surface area contributed by atoms with E-state index in [1.165, 1.54) is 5.56 Å². The summed E-state index contributed by atoms with van der Waals surface area (Å²) in [5.41, 5.74) is 1.23. The van der Waals surface area contributed by atoms with Gasteiger partial charge >= 0.3 is 0 Å². The number of hydrogen-bond acceptors (Lipinski definition) is 5. The highest BCUT2D eigenvalue weighted by Gasteiger charge is 2.42. The minimum Gasteiger partial charge on any atom is -0.492 e. The zero-order valence-electron chi connectivity index (χ0n) is 28.3. The molecule has 46 heavy (non-hydrogen) atoms. The molecule has 0 aromatic heterocycles. The van der Waals surface area contributed by atoms with Gasteiger partial charge in [0.05, 0.1) is 12.6 Å². The van der Waals surface area contributed by atoms with Crippen molar-refractivity contribution in [3.63, 3.8) is 0 Å². The third-order valence-corrected chi connectivity index (χ3v) is 8.24. The van der Waals surface area contributed by atoms with Crippen molar-refractivity contribution in [2.45, 2.75) is 103 Å². The van der Waals surface area contributed by atoms with E-state index in [2.05, 4.69) is 41.2 Å². The number of nitrogens with one attached hydrogen (secondary N) is 4. The minimum atomic E-state index is -0.971. The molecule has 1 aliphatic carbocycles. The van der Waals surface area contributed by atoms with E-state index in [0.29, 0.717) is 39.0 Å². The molecule has 1 spiro atoms. The Balaban J connectivity index is 0.000000569. The van der Waals surface area contributed by atoms with Gasteiger partial charge in [-0.2, -0.15) is 0 Å². The molecule has 1 fully saturated rings. The Kier molecular flexibility index (Phi) is 18.7. The van der Waals surface area contributed by atoms with Crippen LogP contribution in [0.3, 0.4) is 0 Å². The molecule has 0 saturated heterocycles. The summed E-state index contributed by atoms with van der Waals surface area (Å²) in [5, 5.41) is 12.8. The first-order chi connectivity index (χ1) is 22.4. The van der Waals surface area contributed by atoms with Crippen molar-refractivity contribution < 1.29 is 19.1 Å². The van der Waals surface area contributed by atoms with Gasteiger partial charge in [0.25, 0.3) is 0 Å². The van der Waals surface area contributed by atoms with Crippen molar-refractivity contribution in [2.75, 3.05) is 26.2 Å². The number of aryl methyl sites for hydroxylation is 1. The summed E-state index contributed by atoms with van der Waals surface area (Å²) in [5.74, 6) is 0.0393. The standard InChI is InChI=1S/C27H40N4O4.C8H9Cl.C2H6/c1-2-3-5-13-22-25(33)31-27(15-8-4-9-16-27)26(34)30-20-24(32)29-17-10-12-21-11-6-7-14-23(21)35-19-18-28-22;1-2-7-4-3-5-8(9)6-7;1-2/h6-7,10-12,14,22,28H,2-5,8-9,13,15-20H2,1H3,(H,29,32)(H,30,34)(H,31,33);3-6H,2H2,1H3;1-2H3/b12-10+;;. The fourth-order valence-electron chi connectivity index (χ4n) is 5.46. The van der Waals surface area contributed by atoms with E-state index >= 15 is 0 Å². The van der Waals surface area contributed by atoms with Gasteiger partial charge in [-0.25, -0.2) is 0 Å². The number of ether oxygens (including phenoxy) is 1. The zero-order valence-corrected chi connectivity index (χ0v) is 29.0. The molecule has 4 rings (SSSR count). The van der Waals surface area contributed by atoms with Gasteiger partial charge in [0.15, 0.2) is 0 Å². The summed E-state index contributed by atoms with van der Waals surface area (Å²) in [6.45, 7) is 9.39. The first-order valence-corrected chi connectivity index (χ1v) is 17.5. The molecule has 4 N–H and O–H groups in total. The molecule has 1 heterocycles. The maximum absolute atomic E-state index is 13.4. The van der Waals surface area contributed by atoms with Crippen molar-refractivity contribution in [1.29, 1.82) is 0 Å². The summed E-state index contributed by atoms with van der Waals surface area (Å²) in [7, 11) is 0. The zero-order chi connectivity index (χ0) is 33.6. The van der Waals surface area contributed by atoms with Crippen LogP contribution in [0.15, 0.2) is 54.6 Å². The van der Waals surface area contributed by atoms with E-state index in [1.54, 1.807) is 0 Å². The highest BCUT2D eigenvalue weighted by Crippen LogP contribution is 2.29. The van der Waals surface area contributed by atoms with Crippen LogP contribution in [0.25, 0.3) is 6.08 Å². The van der Waals surface area contributed by atoms with Crippen LogP contribution in [0, 0.1) is 0 Å². The lowest BCUT2D eigenvalue weighted by Gasteiger charge is -2.37. The number of amides is 3. The lowest BCUT2D eigenvalue weighted by molar-refractivity contribution is -0.136. The van der Waals surface area contributed by atoms with Crippen molar-refractivity contribution in [3.05, 3.63) is 70.8 Å². The molecule has 0 radical (unpaired) electrons. The van der Waals surface area contributed by atoms with E-state index in [0.717, 1.165) is 61.3 Å². The number of fused-ring (bicyclic) bond motifs is 1. The fraction of sp³-hybridized carbons (Fsp3) is 0.541. The van der Waals surface area contributed by atoms with E-state index in [4.69, 9.17) is 16.3 Å². The number of halogens is 1. The van der Waals surface area contributed by atoms with Crippen molar-refractivity contribution in [2.24, 2.45) is 0 Å². The first-order valence-electron chi connectivity index (χ1n) is 17.1. The van der Waals surface area contributed by atoms with Crippen LogP contribution in [0.5, 0.6) is 5.75 Å². The van der Waals surface area contributed by atoms with Gasteiger partial charge in [-0.1, -0.05) is 120 Å². The van der Waals surface area contributed by atoms with Crippen LogP contribution < -0.4 is 26.0 Å². The van der Waals surface area contributed by atoms with Gasteiger partial charge < -0.3 is 26.0 Å². The van der Waals surface area contributed by atoms with Crippen LogP contribution in [-0.4, -0.2) is 55.5 Å². The Morgan fingerprint density at radius 2 is 1.70 bits per heavy atom. The highest BCUT2D eigenvalue weighted by atomic mass is 35.5. The maximum Gasteiger partial charge on any atom is 0.246 e. The molecule has 2 aliphatic rings. The molecule has 0 bridgehead atoms. The van der Waals surface area contributed by atoms with Crippen molar-refractivity contribution >= 4 is 35.4 Å². The van der Waals surface area contributed by atoms with Gasteiger partial charge in [0.1, 0.15) is 17.9 Å². The molecule has 3 amide bonds. The number of carbonyl (C=O) groups is 3. The topological polar surface area (TPSA) is 109 Å². The molecule has 1 atom stereocenters. The van der Waals surface area contributed by atoms with Gasteiger partial charge in [-0.3, -0.25) is 14.4 Å². The van der Waals surface area contributed by atoms with Crippen LogP contribution in [0.1, 0.15) is 96.6 Å². The van der Waals surface area contributed by atoms with Crippen molar-refractivity contribution in [1.82, 2.24) is 21.3 Å². The highest BCUT2D eigenvalue weighted by molar-refractivity contribution is 6.30. The maximum atomic E-state index is 13.4. The molecule has 2 aromatic carbocycles. The Labute approximate surface area is 281 Å². The quantitative estimate of drug-likeness (QED) is 0.271. The second kappa shape index (κ2) is 22.2. The number of hydrogen-bond donors (Lipinski definition) is 4. The Morgan fingerprint density at radius 3 is 2.39 bits per heavy atom. The molecule has 254 valence electrons. The van der Waals surface area contributed by atoms with Crippen LogP contribution in [-0.2, 0) is 20.8 Å². The normalized spacial score (nSPS) is 19.5. The summed E-state index contributed by atoms with van der Waals surface area (Å²) in [4.78, 5) is 38.9.